The van der Waals surface area contributed by atoms with E-state index in [1.165, 1.54) is 12.1 Å². The van der Waals surface area contributed by atoms with Gasteiger partial charge >= 0.3 is 5.97 Å². The van der Waals surface area contributed by atoms with Crippen LogP contribution < -0.4 is 4.74 Å². The standard InChI is InChI=1S/C21H30F2O5/c1-15(24)16(8-4-2-3-5-13-20(26)27)9-6-10-17(25)14-28-19-12-7-11-18(22)21(19)23/h2,4,7,11-12,15-17,24-25H,3,5-6,8-10,13-14H2,1H3,(H,26,27). The Morgan fingerprint density at radius 3 is 2.61 bits per heavy atom. The van der Waals surface area contributed by atoms with E-state index in [1.54, 1.807) is 6.92 Å². The van der Waals surface area contributed by atoms with Crippen molar-refractivity contribution in [1.29, 1.82) is 0 Å². The number of halogens is 2. The maximum absolute atomic E-state index is 13.5. The van der Waals surface area contributed by atoms with Crippen LogP contribution in [-0.2, 0) is 4.79 Å². The lowest BCUT2D eigenvalue weighted by atomic mass is 9.92. The van der Waals surface area contributed by atoms with Crippen LogP contribution in [0.4, 0.5) is 8.78 Å². The number of hydrogen-bond donors (Lipinski definition) is 3. The fourth-order valence-electron chi connectivity index (χ4n) is 2.80. The van der Waals surface area contributed by atoms with E-state index in [1.807, 2.05) is 12.2 Å². The summed E-state index contributed by atoms with van der Waals surface area (Å²) in [6, 6.07) is 3.63. The quantitative estimate of drug-likeness (QED) is 0.324. The van der Waals surface area contributed by atoms with Crippen LogP contribution in [0.2, 0.25) is 0 Å². The average Bonchev–Trinajstić information content (AvgIpc) is 2.63. The zero-order valence-corrected chi connectivity index (χ0v) is 16.2. The molecule has 0 aliphatic heterocycles. The van der Waals surface area contributed by atoms with Gasteiger partial charge in [0.15, 0.2) is 11.6 Å². The summed E-state index contributed by atoms with van der Waals surface area (Å²) in [6.07, 6.45) is 6.41. The fraction of sp³-hybridized carbons (Fsp3) is 0.571. The number of unbranched alkanes of at least 4 members (excludes halogenated alkanes) is 1. The molecule has 1 aromatic rings. The predicted molar refractivity (Wildman–Crippen MR) is 102 cm³/mol. The SMILES string of the molecule is CC(O)C(CC=CCCCC(=O)O)CCCC(O)COc1cccc(F)c1F. The van der Waals surface area contributed by atoms with Gasteiger partial charge in [0.1, 0.15) is 6.61 Å². The molecule has 0 radical (unpaired) electrons. The van der Waals surface area contributed by atoms with E-state index >= 15 is 0 Å². The largest absolute Gasteiger partial charge is 0.488 e. The van der Waals surface area contributed by atoms with Crippen molar-refractivity contribution in [3.05, 3.63) is 42.0 Å². The lowest BCUT2D eigenvalue weighted by Gasteiger charge is -2.19. The molecule has 0 aliphatic carbocycles. The van der Waals surface area contributed by atoms with Crippen LogP contribution in [0.15, 0.2) is 30.4 Å². The van der Waals surface area contributed by atoms with Crippen molar-refractivity contribution in [1.82, 2.24) is 0 Å². The number of carbonyl (C=O) groups is 1. The molecule has 0 saturated carbocycles. The minimum absolute atomic E-state index is 0.0319. The molecule has 0 fully saturated rings. The van der Waals surface area contributed by atoms with Gasteiger partial charge in [-0.1, -0.05) is 24.6 Å². The average molecular weight is 400 g/mol. The van der Waals surface area contributed by atoms with Crippen LogP contribution in [0.3, 0.4) is 0 Å². The molecule has 7 heteroatoms. The van der Waals surface area contributed by atoms with Gasteiger partial charge in [0.25, 0.3) is 0 Å². The smallest absolute Gasteiger partial charge is 0.303 e. The summed E-state index contributed by atoms with van der Waals surface area (Å²) >= 11 is 0. The first kappa shape index (κ1) is 24.0. The highest BCUT2D eigenvalue weighted by atomic mass is 19.2. The number of benzene rings is 1. The lowest BCUT2D eigenvalue weighted by Crippen LogP contribution is -2.20. The Labute approximate surface area is 164 Å². The third-order valence-electron chi connectivity index (χ3n) is 4.51. The monoisotopic (exact) mass is 400 g/mol. The highest BCUT2D eigenvalue weighted by Gasteiger charge is 2.15. The minimum Gasteiger partial charge on any atom is -0.488 e. The van der Waals surface area contributed by atoms with E-state index in [2.05, 4.69) is 0 Å². The van der Waals surface area contributed by atoms with Crippen molar-refractivity contribution in [2.45, 2.75) is 64.1 Å². The zero-order chi connectivity index (χ0) is 20.9. The van der Waals surface area contributed by atoms with Gasteiger partial charge in [-0.2, -0.15) is 4.39 Å². The number of rotatable bonds is 14. The van der Waals surface area contributed by atoms with Gasteiger partial charge in [-0.15, -0.1) is 0 Å². The van der Waals surface area contributed by atoms with Gasteiger partial charge < -0.3 is 20.1 Å². The van der Waals surface area contributed by atoms with E-state index in [9.17, 15) is 23.8 Å². The van der Waals surface area contributed by atoms with Crippen LogP contribution in [0.1, 0.15) is 51.9 Å². The molecule has 1 aromatic carbocycles. The number of allylic oxidation sites excluding steroid dienone is 2. The molecule has 158 valence electrons. The highest BCUT2D eigenvalue weighted by Crippen LogP contribution is 2.21. The molecule has 0 saturated heterocycles. The Morgan fingerprint density at radius 2 is 1.93 bits per heavy atom. The number of ether oxygens (including phenoxy) is 1. The molecule has 3 N–H and O–H groups in total. The first-order chi connectivity index (χ1) is 13.3. The van der Waals surface area contributed by atoms with Crippen molar-refractivity contribution >= 4 is 5.97 Å². The summed E-state index contributed by atoms with van der Waals surface area (Å²) < 4.78 is 31.7. The first-order valence-electron chi connectivity index (χ1n) is 9.61. The van der Waals surface area contributed by atoms with Crippen molar-refractivity contribution in [3.63, 3.8) is 0 Å². The van der Waals surface area contributed by atoms with Crippen LogP contribution in [0.25, 0.3) is 0 Å². The van der Waals surface area contributed by atoms with Gasteiger partial charge in [-0.3, -0.25) is 4.79 Å². The van der Waals surface area contributed by atoms with Gasteiger partial charge in [0, 0.05) is 6.42 Å². The number of aliphatic carboxylic acids is 1. The number of aliphatic hydroxyl groups is 2. The van der Waals surface area contributed by atoms with Crippen molar-refractivity contribution in [2.75, 3.05) is 6.61 Å². The second-order valence-electron chi connectivity index (χ2n) is 6.94. The summed E-state index contributed by atoms with van der Waals surface area (Å²) in [4.78, 5) is 10.4. The van der Waals surface area contributed by atoms with Crippen LogP contribution in [0, 0.1) is 17.6 Å². The third-order valence-corrected chi connectivity index (χ3v) is 4.51. The zero-order valence-electron chi connectivity index (χ0n) is 16.2. The lowest BCUT2D eigenvalue weighted by molar-refractivity contribution is -0.137. The molecule has 5 nitrogen and oxygen atoms in total. The molecule has 3 unspecified atom stereocenters. The van der Waals surface area contributed by atoms with Gasteiger partial charge in [-0.05, 0) is 57.1 Å². The van der Waals surface area contributed by atoms with E-state index in [-0.39, 0.29) is 24.7 Å². The molecule has 1 rings (SSSR count). The predicted octanol–water partition coefficient (Wildman–Crippen LogP) is 4.07. The third kappa shape index (κ3) is 9.80. The van der Waals surface area contributed by atoms with Crippen LogP contribution in [0.5, 0.6) is 5.75 Å². The van der Waals surface area contributed by atoms with Gasteiger partial charge in [0.05, 0.1) is 12.2 Å². The molecule has 0 aliphatic rings. The topological polar surface area (TPSA) is 87.0 Å². The Bertz CT molecular complexity index is 619. The summed E-state index contributed by atoms with van der Waals surface area (Å²) in [6.45, 7) is 1.58. The normalized spacial score (nSPS) is 14.8. The van der Waals surface area contributed by atoms with E-state index in [0.717, 1.165) is 6.07 Å². The summed E-state index contributed by atoms with van der Waals surface area (Å²) in [5.74, 6) is -3.07. The molecule has 0 spiro atoms. The van der Waals surface area contributed by atoms with E-state index < -0.39 is 29.8 Å². The highest BCUT2D eigenvalue weighted by molar-refractivity contribution is 5.66. The molecule has 0 aromatic heterocycles. The van der Waals surface area contributed by atoms with Crippen molar-refractivity contribution < 1.29 is 33.6 Å². The maximum Gasteiger partial charge on any atom is 0.303 e. The molecular weight excluding hydrogens is 370 g/mol. The number of carboxylic acid groups (broad SMARTS) is 1. The van der Waals surface area contributed by atoms with Gasteiger partial charge in [-0.25, -0.2) is 4.39 Å². The Kier molecular flexibility index (Phi) is 11.4. The van der Waals surface area contributed by atoms with E-state index in [0.29, 0.717) is 38.5 Å². The van der Waals surface area contributed by atoms with Crippen molar-refractivity contribution in [3.8, 4) is 5.75 Å². The Morgan fingerprint density at radius 1 is 1.18 bits per heavy atom. The Hall–Kier alpha value is -1.99. The number of hydrogen-bond acceptors (Lipinski definition) is 4. The summed E-state index contributed by atoms with van der Waals surface area (Å²) in [5.41, 5.74) is 0. The second-order valence-corrected chi connectivity index (χ2v) is 6.94. The first-order valence-corrected chi connectivity index (χ1v) is 9.61. The maximum atomic E-state index is 13.5. The molecule has 3 atom stereocenters. The molecule has 0 amide bonds. The molecular formula is C21H30F2O5. The Balaban J connectivity index is 2.28. The molecule has 0 bridgehead atoms. The number of carboxylic acids is 1. The van der Waals surface area contributed by atoms with Crippen LogP contribution >= 0.6 is 0 Å². The van der Waals surface area contributed by atoms with Crippen molar-refractivity contribution in [2.24, 2.45) is 5.92 Å². The molecule has 28 heavy (non-hydrogen) atoms. The second kappa shape index (κ2) is 13.2. The minimum atomic E-state index is -1.07. The summed E-state index contributed by atoms with van der Waals surface area (Å²) in [7, 11) is 0. The van der Waals surface area contributed by atoms with E-state index in [4.69, 9.17) is 9.84 Å². The fourth-order valence-corrected chi connectivity index (χ4v) is 2.80. The molecule has 0 heterocycles. The summed E-state index contributed by atoms with van der Waals surface area (Å²) in [5, 5.41) is 28.4. The number of aliphatic hydroxyl groups excluding tert-OH is 2. The van der Waals surface area contributed by atoms with Crippen LogP contribution in [-0.4, -0.2) is 40.1 Å². The van der Waals surface area contributed by atoms with Gasteiger partial charge in [0.2, 0.25) is 5.82 Å².